The van der Waals surface area contributed by atoms with Crippen LogP contribution in [0.2, 0.25) is 0 Å². The van der Waals surface area contributed by atoms with Crippen molar-refractivity contribution in [1.29, 1.82) is 0 Å². The van der Waals surface area contributed by atoms with E-state index in [0.717, 1.165) is 12.8 Å². The molecule has 0 aromatic carbocycles. The van der Waals surface area contributed by atoms with Crippen LogP contribution >= 0.6 is 0 Å². The Morgan fingerprint density at radius 1 is 1.37 bits per heavy atom. The summed E-state index contributed by atoms with van der Waals surface area (Å²) < 4.78 is 5.05. The lowest BCUT2D eigenvalue weighted by atomic mass is 9.99. The van der Waals surface area contributed by atoms with Crippen molar-refractivity contribution in [2.75, 3.05) is 26.7 Å². The third kappa shape index (κ3) is 2.63. The SMILES string of the molecule is CN1CCN(C(=O)c2cc(C(=O)O)co2)CC1(C)C. The van der Waals surface area contributed by atoms with Crippen LogP contribution in [0.4, 0.5) is 0 Å². The van der Waals surface area contributed by atoms with Gasteiger partial charge in [0.05, 0.1) is 5.56 Å². The van der Waals surface area contributed by atoms with Crippen molar-refractivity contribution in [2.45, 2.75) is 19.4 Å². The minimum absolute atomic E-state index is 0.00302. The number of piperazine rings is 1. The van der Waals surface area contributed by atoms with Crippen LogP contribution in [0, 0.1) is 0 Å². The maximum absolute atomic E-state index is 12.3. The quantitative estimate of drug-likeness (QED) is 0.869. The van der Waals surface area contributed by atoms with Gasteiger partial charge in [0.25, 0.3) is 5.91 Å². The molecule has 0 aliphatic carbocycles. The van der Waals surface area contributed by atoms with E-state index < -0.39 is 5.97 Å². The molecule has 2 heterocycles. The molecule has 104 valence electrons. The lowest BCUT2D eigenvalue weighted by molar-refractivity contribution is 0.0290. The van der Waals surface area contributed by atoms with Crippen molar-refractivity contribution >= 4 is 11.9 Å². The van der Waals surface area contributed by atoms with Gasteiger partial charge in [0.1, 0.15) is 6.26 Å². The van der Waals surface area contributed by atoms with Gasteiger partial charge in [0.15, 0.2) is 5.76 Å². The van der Waals surface area contributed by atoms with E-state index >= 15 is 0 Å². The number of hydrogen-bond donors (Lipinski definition) is 1. The molecule has 0 bridgehead atoms. The topological polar surface area (TPSA) is 74.0 Å². The van der Waals surface area contributed by atoms with Crippen LogP contribution in [0.1, 0.15) is 34.8 Å². The van der Waals surface area contributed by atoms with E-state index in [1.165, 1.54) is 6.07 Å². The molecule has 19 heavy (non-hydrogen) atoms. The first-order chi connectivity index (χ1) is 8.81. The number of carbonyl (C=O) groups is 2. The Balaban J connectivity index is 2.13. The zero-order valence-electron chi connectivity index (χ0n) is 11.3. The van der Waals surface area contributed by atoms with Gasteiger partial charge in [-0.2, -0.15) is 0 Å². The zero-order chi connectivity index (χ0) is 14.2. The second-order valence-electron chi connectivity index (χ2n) is 5.47. The second-order valence-corrected chi connectivity index (χ2v) is 5.47. The van der Waals surface area contributed by atoms with Gasteiger partial charge < -0.3 is 14.4 Å². The standard InChI is InChI=1S/C13H18N2O4/c1-13(2)8-15(5-4-14(13)3)11(16)10-6-9(7-19-10)12(17)18/h6-7H,4-5,8H2,1-3H3,(H,17,18). The summed E-state index contributed by atoms with van der Waals surface area (Å²) in [6.07, 6.45) is 1.09. The number of furan rings is 1. The lowest BCUT2D eigenvalue weighted by Crippen LogP contribution is -2.58. The number of carbonyl (C=O) groups excluding carboxylic acids is 1. The average Bonchev–Trinajstić information content (AvgIpc) is 2.81. The summed E-state index contributed by atoms with van der Waals surface area (Å²) in [7, 11) is 2.03. The molecule has 0 spiro atoms. The Hall–Kier alpha value is -1.82. The molecule has 0 saturated carbocycles. The molecule has 1 fully saturated rings. The number of aromatic carboxylic acids is 1. The predicted molar refractivity (Wildman–Crippen MR) is 68.3 cm³/mol. The molecule has 0 radical (unpaired) electrons. The van der Waals surface area contributed by atoms with E-state index in [9.17, 15) is 9.59 Å². The van der Waals surface area contributed by atoms with E-state index in [1.54, 1.807) is 4.90 Å². The number of carboxylic acids is 1. The molecule has 0 unspecified atom stereocenters. The number of likely N-dealkylation sites (N-methyl/N-ethyl adjacent to an activating group) is 1. The summed E-state index contributed by atoms with van der Waals surface area (Å²) >= 11 is 0. The fraction of sp³-hybridized carbons (Fsp3) is 0.538. The molecule has 1 aliphatic heterocycles. The first kappa shape index (κ1) is 13.6. The van der Waals surface area contributed by atoms with Crippen LogP contribution in [0.15, 0.2) is 16.7 Å². The van der Waals surface area contributed by atoms with Crippen LogP contribution in [-0.2, 0) is 0 Å². The number of hydrogen-bond acceptors (Lipinski definition) is 4. The van der Waals surface area contributed by atoms with Crippen molar-refractivity contribution < 1.29 is 19.1 Å². The number of rotatable bonds is 2. The van der Waals surface area contributed by atoms with E-state index in [-0.39, 0.29) is 22.8 Å². The summed E-state index contributed by atoms with van der Waals surface area (Å²) in [4.78, 5) is 26.9. The van der Waals surface area contributed by atoms with Crippen LogP contribution in [0.3, 0.4) is 0 Å². The third-order valence-electron chi connectivity index (χ3n) is 3.66. The Bertz CT molecular complexity index is 506. The normalized spacial score (nSPS) is 19.4. The van der Waals surface area contributed by atoms with Gasteiger partial charge in [0, 0.05) is 31.2 Å². The zero-order valence-corrected chi connectivity index (χ0v) is 11.3. The van der Waals surface area contributed by atoms with Crippen LogP contribution in [0.25, 0.3) is 0 Å². The number of amides is 1. The summed E-state index contributed by atoms with van der Waals surface area (Å²) in [5.41, 5.74) is -0.104. The first-order valence-corrected chi connectivity index (χ1v) is 6.13. The Morgan fingerprint density at radius 3 is 2.58 bits per heavy atom. The highest BCUT2D eigenvalue weighted by Crippen LogP contribution is 2.21. The van der Waals surface area contributed by atoms with Gasteiger partial charge in [-0.1, -0.05) is 0 Å². The fourth-order valence-corrected chi connectivity index (χ4v) is 2.13. The molecule has 2 rings (SSSR count). The smallest absolute Gasteiger partial charge is 0.338 e. The van der Waals surface area contributed by atoms with Crippen molar-refractivity contribution in [3.8, 4) is 0 Å². The Morgan fingerprint density at radius 2 is 2.05 bits per heavy atom. The number of nitrogens with zero attached hydrogens (tertiary/aromatic N) is 2. The highest BCUT2D eigenvalue weighted by atomic mass is 16.4. The van der Waals surface area contributed by atoms with Gasteiger partial charge in [-0.3, -0.25) is 9.69 Å². The molecule has 6 heteroatoms. The molecule has 1 amide bonds. The molecule has 1 saturated heterocycles. The van der Waals surface area contributed by atoms with Crippen molar-refractivity contribution in [3.63, 3.8) is 0 Å². The molecule has 6 nitrogen and oxygen atoms in total. The third-order valence-corrected chi connectivity index (χ3v) is 3.66. The van der Waals surface area contributed by atoms with Gasteiger partial charge in [-0.15, -0.1) is 0 Å². The first-order valence-electron chi connectivity index (χ1n) is 6.13. The van der Waals surface area contributed by atoms with E-state index in [2.05, 4.69) is 18.7 Å². The Labute approximate surface area is 111 Å². The highest BCUT2D eigenvalue weighted by molar-refractivity contribution is 5.95. The van der Waals surface area contributed by atoms with E-state index in [0.29, 0.717) is 13.1 Å². The van der Waals surface area contributed by atoms with Crippen LogP contribution in [-0.4, -0.2) is 59.0 Å². The molecule has 1 aliphatic rings. The Kier molecular flexibility index (Phi) is 3.36. The van der Waals surface area contributed by atoms with Crippen LogP contribution < -0.4 is 0 Å². The maximum atomic E-state index is 12.3. The van der Waals surface area contributed by atoms with Gasteiger partial charge >= 0.3 is 5.97 Å². The average molecular weight is 266 g/mol. The minimum atomic E-state index is -1.10. The van der Waals surface area contributed by atoms with Gasteiger partial charge in [-0.05, 0) is 20.9 Å². The molecule has 0 atom stereocenters. The van der Waals surface area contributed by atoms with E-state index in [1.807, 2.05) is 7.05 Å². The molecule has 1 aromatic heterocycles. The molecular weight excluding hydrogens is 248 g/mol. The molecule has 1 N–H and O–H groups in total. The summed E-state index contributed by atoms with van der Waals surface area (Å²) in [6, 6.07) is 1.27. The molecular formula is C13H18N2O4. The van der Waals surface area contributed by atoms with Gasteiger partial charge in [0.2, 0.25) is 0 Å². The van der Waals surface area contributed by atoms with E-state index in [4.69, 9.17) is 9.52 Å². The summed E-state index contributed by atoms with van der Waals surface area (Å²) in [5, 5.41) is 8.82. The second kappa shape index (κ2) is 4.70. The van der Waals surface area contributed by atoms with Crippen molar-refractivity contribution in [2.24, 2.45) is 0 Å². The molecule has 1 aromatic rings. The fourth-order valence-electron chi connectivity index (χ4n) is 2.13. The minimum Gasteiger partial charge on any atom is -0.478 e. The van der Waals surface area contributed by atoms with Crippen molar-refractivity contribution in [1.82, 2.24) is 9.80 Å². The lowest BCUT2D eigenvalue weighted by Gasteiger charge is -2.45. The highest BCUT2D eigenvalue weighted by Gasteiger charge is 2.34. The monoisotopic (exact) mass is 266 g/mol. The maximum Gasteiger partial charge on any atom is 0.338 e. The summed E-state index contributed by atoms with van der Waals surface area (Å²) in [5.74, 6) is -1.27. The summed E-state index contributed by atoms with van der Waals surface area (Å²) in [6.45, 7) is 6.12. The largest absolute Gasteiger partial charge is 0.478 e. The van der Waals surface area contributed by atoms with Crippen LogP contribution in [0.5, 0.6) is 0 Å². The van der Waals surface area contributed by atoms with Crippen molar-refractivity contribution in [3.05, 3.63) is 23.7 Å². The predicted octanol–water partition coefficient (Wildman–Crippen LogP) is 1.14. The van der Waals surface area contributed by atoms with Gasteiger partial charge in [-0.25, -0.2) is 4.79 Å². The number of carboxylic acid groups (broad SMARTS) is 1.